The number of nitrogens with one attached hydrogen (secondary N) is 4. The minimum atomic E-state index is 0.340. The van der Waals surface area contributed by atoms with Gasteiger partial charge in [-0.05, 0) is 116 Å². The van der Waals surface area contributed by atoms with Crippen molar-refractivity contribution in [2.24, 2.45) is 5.92 Å². The van der Waals surface area contributed by atoms with E-state index in [-0.39, 0.29) is 0 Å². The van der Waals surface area contributed by atoms with E-state index in [1.54, 1.807) is 0 Å². The highest BCUT2D eigenvalue weighted by molar-refractivity contribution is 5.84. The van der Waals surface area contributed by atoms with Crippen molar-refractivity contribution >= 4 is 11.0 Å². The van der Waals surface area contributed by atoms with Crippen LogP contribution in [-0.4, -0.2) is 33.0 Å². The molecule has 6 heteroatoms. The topological polar surface area (TPSA) is 81.4 Å². The van der Waals surface area contributed by atoms with Crippen LogP contribution in [0.15, 0.2) is 36.5 Å². The minimum Gasteiger partial charge on any atom is -0.341 e. The van der Waals surface area contributed by atoms with Gasteiger partial charge in [-0.15, -0.1) is 0 Å². The largest absolute Gasteiger partial charge is 0.341 e. The van der Waals surface area contributed by atoms with E-state index in [9.17, 15) is 0 Å². The van der Waals surface area contributed by atoms with Crippen LogP contribution in [0.25, 0.3) is 22.2 Å². The van der Waals surface area contributed by atoms with Gasteiger partial charge in [-0.3, -0.25) is 0 Å². The zero-order valence-corrected chi connectivity index (χ0v) is 21.0. The number of nitrogens with zero attached hydrogens (tertiary/aromatic N) is 2. The summed E-state index contributed by atoms with van der Waals surface area (Å²) in [7, 11) is 0. The highest BCUT2D eigenvalue weighted by Crippen LogP contribution is 2.54. The van der Waals surface area contributed by atoms with Gasteiger partial charge in [-0.25, -0.2) is 9.97 Å². The molecule has 4 atom stereocenters. The van der Waals surface area contributed by atoms with E-state index >= 15 is 0 Å². The third kappa shape index (κ3) is 3.64. The molecule has 0 spiro atoms. The normalized spacial score (nSPS) is 26.1. The van der Waals surface area contributed by atoms with Crippen LogP contribution in [0.4, 0.5) is 0 Å². The summed E-state index contributed by atoms with van der Waals surface area (Å²) < 4.78 is 0. The smallest absolute Gasteiger partial charge is 0.124 e. The molecule has 2 saturated heterocycles. The number of benzene rings is 2. The van der Waals surface area contributed by atoms with Gasteiger partial charge in [0.25, 0.3) is 0 Å². The fourth-order valence-electron chi connectivity index (χ4n) is 7.05. The lowest BCUT2D eigenvalue weighted by atomic mass is 9.73. The standard InChI is InChI=1S/C31H32N6/c1-3-26(32-13-1)30-34-17-21(35-30)9-5-18-6-10-22(24-15-19-7-11-23(19)29(18)24)20-8-12-25-28(16-20)37-31(36-25)27-4-2-14-33-27/h6,8,10,12,16-17,19,23,26-27,32-33H,1-4,7,11,13-15H2,(H,34,35)(H,36,37). The number of imidazole rings is 2. The second-order valence-electron chi connectivity index (χ2n) is 11.3. The third-order valence-corrected chi connectivity index (χ3v) is 9.13. The molecule has 0 radical (unpaired) electrons. The molecule has 0 amide bonds. The van der Waals surface area contributed by atoms with E-state index in [4.69, 9.17) is 4.98 Å². The van der Waals surface area contributed by atoms with Gasteiger partial charge in [-0.1, -0.05) is 18.1 Å². The summed E-state index contributed by atoms with van der Waals surface area (Å²) in [5.74, 6) is 10.4. The van der Waals surface area contributed by atoms with Crippen molar-refractivity contribution in [2.45, 2.75) is 62.9 Å². The molecule has 1 saturated carbocycles. The van der Waals surface area contributed by atoms with E-state index in [1.807, 2.05) is 6.20 Å². The average molecular weight is 489 g/mol. The first-order valence-electron chi connectivity index (χ1n) is 14.0. The molecule has 4 unspecified atom stereocenters. The number of hydrogen-bond acceptors (Lipinski definition) is 4. The van der Waals surface area contributed by atoms with E-state index < -0.39 is 0 Å². The summed E-state index contributed by atoms with van der Waals surface area (Å²) >= 11 is 0. The molecule has 4 heterocycles. The Labute approximate surface area is 217 Å². The summed E-state index contributed by atoms with van der Waals surface area (Å²) in [5, 5.41) is 7.07. The lowest BCUT2D eigenvalue weighted by Crippen LogP contribution is -2.19. The van der Waals surface area contributed by atoms with Gasteiger partial charge < -0.3 is 20.6 Å². The second kappa shape index (κ2) is 8.58. The Morgan fingerprint density at radius 2 is 1.70 bits per heavy atom. The third-order valence-electron chi connectivity index (χ3n) is 9.13. The Bertz CT molecular complexity index is 1550. The van der Waals surface area contributed by atoms with Gasteiger partial charge >= 0.3 is 0 Å². The predicted octanol–water partition coefficient (Wildman–Crippen LogP) is 5.25. The Balaban J connectivity index is 1.14. The molecule has 4 aromatic rings. The van der Waals surface area contributed by atoms with Gasteiger partial charge in [-0.2, -0.15) is 0 Å². The summed E-state index contributed by atoms with van der Waals surface area (Å²) in [6.07, 6.45) is 10.4. The Morgan fingerprint density at radius 1 is 0.838 bits per heavy atom. The van der Waals surface area contributed by atoms with Crippen LogP contribution >= 0.6 is 0 Å². The number of H-pyrrole nitrogens is 2. The van der Waals surface area contributed by atoms with Crippen LogP contribution in [0, 0.1) is 17.8 Å². The molecule has 3 fully saturated rings. The molecule has 2 aromatic carbocycles. The van der Waals surface area contributed by atoms with Crippen LogP contribution in [0.5, 0.6) is 0 Å². The molecule has 4 aliphatic rings. The quantitative estimate of drug-likeness (QED) is 0.297. The zero-order chi connectivity index (χ0) is 24.3. The second-order valence-corrected chi connectivity index (χ2v) is 11.3. The van der Waals surface area contributed by atoms with Crippen LogP contribution < -0.4 is 10.6 Å². The molecule has 186 valence electrons. The SMILES string of the molecule is C(#Cc1ccc(-c2ccc3nc(C4CCCN4)[nH]c3c2)c2c1C1CCC1C2)c1cnc(C2CCCN2)[nH]1. The fraction of sp³-hybridized carbons (Fsp3) is 0.419. The molecule has 4 N–H and O–H groups in total. The monoisotopic (exact) mass is 488 g/mol. The summed E-state index contributed by atoms with van der Waals surface area (Å²) in [6.45, 7) is 2.15. The predicted molar refractivity (Wildman–Crippen MR) is 145 cm³/mol. The molecular weight excluding hydrogens is 456 g/mol. The first kappa shape index (κ1) is 21.7. The average Bonchev–Trinajstić information content (AvgIpc) is 3.72. The van der Waals surface area contributed by atoms with E-state index in [0.717, 1.165) is 60.2 Å². The molecule has 37 heavy (non-hydrogen) atoms. The highest BCUT2D eigenvalue weighted by atomic mass is 15.0. The zero-order valence-electron chi connectivity index (χ0n) is 21.0. The van der Waals surface area contributed by atoms with Crippen LogP contribution in [0.1, 0.15) is 90.6 Å². The van der Waals surface area contributed by atoms with Crippen molar-refractivity contribution < 1.29 is 0 Å². The number of aromatic nitrogens is 4. The van der Waals surface area contributed by atoms with Gasteiger partial charge in [0.1, 0.15) is 17.3 Å². The molecule has 6 nitrogen and oxygen atoms in total. The Hall–Kier alpha value is -3.40. The summed E-state index contributed by atoms with van der Waals surface area (Å²) in [6, 6.07) is 12.0. The van der Waals surface area contributed by atoms with Gasteiger partial charge in [0.2, 0.25) is 0 Å². The molecule has 0 bridgehead atoms. The van der Waals surface area contributed by atoms with Crippen molar-refractivity contribution in [3.05, 3.63) is 70.6 Å². The number of aromatic amines is 2. The first-order valence-corrected chi connectivity index (χ1v) is 14.0. The number of fused-ring (bicyclic) bond motifs is 4. The fourth-order valence-corrected chi connectivity index (χ4v) is 7.05. The highest BCUT2D eigenvalue weighted by Gasteiger charge is 2.41. The van der Waals surface area contributed by atoms with Gasteiger partial charge in [0.15, 0.2) is 0 Å². The summed E-state index contributed by atoms with van der Waals surface area (Å²) in [4.78, 5) is 16.5. The maximum Gasteiger partial charge on any atom is 0.124 e. The minimum absolute atomic E-state index is 0.340. The molecule has 2 aliphatic carbocycles. The number of hydrogen-bond donors (Lipinski definition) is 4. The maximum absolute atomic E-state index is 4.88. The van der Waals surface area contributed by atoms with Crippen LogP contribution in [-0.2, 0) is 6.42 Å². The van der Waals surface area contributed by atoms with E-state index in [0.29, 0.717) is 18.0 Å². The first-order chi connectivity index (χ1) is 18.3. The lowest BCUT2D eigenvalue weighted by molar-refractivity contribution is 0.280. The lowest BCUT2D eigenvalue weighted by Gasteiger charge is -2.31. The van der Waals surface area contributed by atoms with E-state index in [1.165, 1.54) is 59.9 Å². The molecule has 2 aliphatic heterocycles. The van der Waals surface area contributed by atoms with Gasteiger partial charge in [0.05, 0.1) is 29.3 Å². The molecular formula is C31H32N6. The van der Waals surface area contributed by atoms with Crippen molar-refractivity contribution in [3.63, 3.8) is 0 Å². The summed E-state index contributed by atoms with van der Waals surface area (Å²) in [5.41, 5.74) is 9.94. The number of rotatable bonds is 3. The molecule has 2 aromatic heterocycles. The van der Waals surface area contributed by atoms with Crippen molar-refractivity contribution in [2.75, 3.05) is 13.1 Å². The van der Waals surface area contributed by atoms with Crippen LogP contribution in [0.3, 0.4) is 0 Å². The molecule has 8 rings (SSSR count). The Kier molecular flexibility index (Phi) is 5.02. The van der Waals surface area contributed by atoms with Crippen molar-refractivity contribution in [1.29, 1.82) is 0 Å². The van der Waals surface area contributed by atoms with Crippen molar-refractivity contribution in [1.82, 2.24) is 30.6 Å². The maximum atomic E-state index is 4.88. The van der Waals surface area contributed by atoms with E-state index in [2.05, 4.69) is 67.8 Å². The van der Waals surface area contributed by atoms with Gasteiger partial charge in [0, 0.05) is 5.56 Å². The Morgan fingerprint density at radius 3 is 2.49 bits per heavy atom. The van der Waals surface area contributed by atoms with Crippen molar-refractivity contribution in [3.8, 4) is 23.0 Å². The van der Waals surface area contributed by atoms with Crippen LogP contribution in [0.2, 0.25) is 0 Å².